The summed E-state index contributed by atoms with van der Waals surface area (Å²) in [6.07, 6.45) is 0. The van der Waals surface area contributed by atoms with E-state index in [4.69, 9.17) is 0 Å². The molecule has 0 N–H and O–H groups in total. The normalized spacial score (nSPS) is 13.2. The van der Waals surface area contributed by atoms with Crippen molar-refractivity contribution in [1.82, 2.24) is 0 Å². The van der Waals surface area contributed by atoms with Gasteiger partial charge in [-0.25, -0.2) is 0 Å². The summed E-state index contributed by atoms with van der Waals surface area (Å²) in [5, 5.41) is 4.97. The summed E-state index contributed by atoms with van der Waals surface area (Å²) < 4.78 is 0. The van der Waals surface area contributed by atoms with Crippen LogP contribution in [0.4, 0.5) is 17.1 Å². The number of hydrogen-bond acceptors (Lipinski definition) is 1. The Kier molecular flexibility index (Phi) is 5.77. The molecule has 0 unspecified atom stereocenters. The fourth-order valence-electron chi connectivity index (χ4n) is 7.20. The number of hydrogen-bond donors (Lipinski definition) is 0. The first kappa shape index (κ1) is 25.6. The Balaban J connectivity index is 1.43. The van der Waals surface area contributed by atoms with E-state index in [1.54, 1.807) is 0 Å². The number of nitrogens with zero attached hydrogens (tertiary/aromatic N) is 1. The zero-order chi connectivity index (χ0) is 29.1. The van der Waals surface area contributed by atoms with Crippen LogP contribution in [0.1, 0.15) is 30.5 Å². The van der Waals surface area contributed by atoms with E-state index in [2.05, 4.69) is 171 Å². The van der Waals surface area contributed by atoms with Crippen molar-refractivity contribution < 1.29 is 0 Å². The van der Waals surface area contributed by atoms with Crippen LogP contribution in [0.5, 0.6) is 0 Å². The smallest absolute Gasteiger partial charge is 0.0546 e. The van der Waals surface area contributed by atoms with Gasteiger partial charge in [-0.15, -0.1) is 0 Å². The molecule has 1 aliphatic carbocycles. The first-order chi connectivity index (χ1) is 21.0. The Morgan fingerprint density at radius 1 is 0.488 bits per heavy atom. The van der Waals surface area contributed by atoms with Gasteiger partial charge in [0.25, 0.3) is 0 Å². The molecule has 1 heteroatoms. The van der Waals surface area contributed by atoms with Crippen molar-refractivity contribution in [2.24, 2.45) is 0 Å². The second-order valence-corrected chi connectivity index (χ2v) is 12.3. The lowest BCUT2D eigenvalue weighted by atomic mass is 9.82. The van der Waals surface area contributed by atoms with Gasteiger partial charge in [-0.05, 0) is 92.2 Å². The summed E-state index contributed by atoms with van der Waals surface area (Å²) in [6, 6.07) is 53.5. The van der Waals surface area contributed by atoms with Crippen molar-refractivity contribution in [2.45, 2.75) is 26.2 Å². The summed E-state index contributed by atoms with van der Waals surface area (Å²) in [4.78, 5) is 2.47. The van der Waals surface area contributed by atoms with Crippen molar-refractivity contribution in [3.8, 4) is 22.3 Å². The maximum Gasteiger partial charge on any atom is 0.0546 e. The van der Waals surface area contributed by atoms with Gasteiger partial charge >= 0.3 is 0 Å². The number of anilines is 3. The summed E-state index contributed by atoms with van der Waals surface area (Å²) in [7, 11) is 0. The Labute approximate surface area is 253 Å². The molecule has 1 aliphatic rings. The molecule has 0 spiro atoms. The van der Waals surface area contributed by atoms with E-state index in [1.807, 2.05) is 0 Å². The van der Waals surface area contributed by atoms with E-state index >= 15 is 0 Å². The van der Waals surface area contributed by atoms with Crippen LogP contribution in [-0.2, 0) is 5.41 Å². The second-order valence-electron chi connectivity index (χ2n) is 12.3. The molecule has 0 aliphatic heterocycles. The van der Waals surface area contributed by atoms with Crippen LogP contribution in [0, 0.1) is 6.92 Å². The van der Waals surface area contributed by atoms with Gasteiger partial charge in [-0.1, -0.05) is 129 Å². The van der Waals surface area contributed by atoms with E-state index in [0.29, 0.717) is 0 Å². The Morgan fingerprint density at radius 2 is 1.16 bits per heavy atom. The molecular weight excluding hydrogens is 518 g/mol. The third kappa shape index (κ3) is 4.00. The molecule has 0 atom stereocenters. The van der Waals surface area contributed by atoms with Crippen LogP contribution < -0.4 is 4.90 Å². The van der Waals surface area contributed by atoms with Crippen LogP contribution >= 0.6 is 0 Å². The zero-order valence-corrected chi connectivity index (χ0v) is 24.8. The molecule has 0 bridgehead atoms. The third-order valence-corrected chi connectivity index (χ3v) is 9.35. The van der Waals surface area contributed by atoms with Gasteiger partial charge in [0.15, 0.2) is 0 Å². The number of rotatable bonds is 4. The van der Waals surface area contributed by atoms with Gasteiger partial charge < -0.3 is 4.90 Å². The fourth-order valence-corrected chi connectivity index (χ4v) is 7.20. The largest absolute Gasteiger partial charge is 0.310 e. The average molecular weight is 552 g/mol. The van der Waals surface area contributed by atoms with Gasteiger partial charge in [-0.3, -0.25) is 0 Å². The Morgan fingerprint density at radius 3 is 2.00 bits per heavy atom. The molecule has 0 heterocycles. The SMILES string of the molecule is Cc1cccc2c1-c1ccc(N(c3ccc4ccccc4c3)c3ccc4ccccc4c3-c3ccccc3)cc1C2(C)C. The van der Waals surface area contributed by atoms with E-state index in [0.717, 1.165) is 5.69 Å². The highest BCUT2D eigenvalue weighted by Gasteiger charge is 2.36. The number of benzene rings is 7. The van der Waals surface area contributed by atoms with E-state index < -0.39 is 0 Å². The van der Waals surface area contributed by atoms with Crippen molar-refractivity contribution in [2.75, 3.05) is 4.90 Å². The van der Waals surface area contributed by atoms with Gasteiger partial charge in [0, 0.05) is 22.4 Å². The van der Waals surface area contributed by atoms with E-state index in [1.165, 1.54) is 71.9 Å². The van der Waals surface area contributed by atoms with E-state index in [9.17, 15) is 0 Å². The summed E-state index contributed by atoms with van der Waals surface area (Å²) in [5.74, 6) is 0. The van der Waals surface area contributed by atoms with Crippen LogP contribution in [-0.4, -0.2) is 0 Å². The Bertz CT molecular complexity index is 2170. The maximum atomic E-state index is 2.47. The van der Waals surface area contributed by atoms with Crippen molar-refractivity contribution in [3.63, 3.8) is 0 Å². The van der Waals surface area contributed by atoms with Crippen molar-refractivity contribution >= 4 is 38.6 Å². The molecule has 7 aromatic carbocycles. The first-order valence-electron chi connectivity index (χ1n) is 15.1. The number of fused-ring (bicyclic) bond motifs is 5. The highest BCUT2D eigenvalue weighted by Crippen LogP contribution is 2.52. The molecule has 0 saturated heterocycles. The molecule has 206 valence electrons. The monoisotopic (exact) mass is 551 g/mol. The minimum Gasteiger partial charge on any atom is -0.310 e. The lowest BCUT2D eigenvalue weighted by molar-refractivity contribution is 0.660. The molecule has 0 aromatic heterocycles. The lowest BCUT2D eigenvalue weighted by Gasteiger charge is -2.30. The molecule has 8 rings (SSSR count). The maximum absolute atomic E-state index is 2.47. The minimum atomic E-state index is -0.0899. The molecule has 7 aromatic rings. The quantitative estimate of drug-likeness (QED) is 0.210. The third-order valence-electron chi connectivity index (χ3n) is 9.35. The van der Waals surface area contributed by atoms with Gasteiger partial charge in [-0.2, -0.15) is 0 Å². The van der Waals surface area contributed by atoms with Gasteiger partial charge in [0.2, 0.25) is 0 Å². The van der Waals surface area contributed by atoms with Crippen LogP contribution in [0.25, 0.3) is 43.8 Å². The fraction of sp³-hybridized carbons (Fsp3) is 0.0952. The van der Waals surface area contributed by atoms with Crippen molar-refractivity contribution in [3.05, 3.63) is 162 Å². The minimum absolute atomic E-state index is 0.0899. The van der Waals surface area contributed by atoms with Gasteiger partial charge in [0.05, 0.1) is 5.69 Å². The lowest BCUT2D eigenvalue weighted by Crippen LogP contribution is -2.17. The van der Waals surface area contributed by atoms with Crippen LogP contribution in [0.3, 0.4) is 0 Å². The summed E-state index contributed by atoms with van der Waals surface area (Å²) >= 11 is 0. The molecular formula is C42H33N. The zero-order valence-electron chi connectivity index (χ0n) is 24.8. The standard InChI is InChI=1S/C42H33N/c1-28-12-11-19-37-40(28)36-24-23-34(27-38(36)42(37,2)3)43(33-22-20-29-13-7-8-17-32(29)26-33)39-25-21-30-14-9-10-18-35(30)41(39)31-15-5-4-6-16-31/h4-27H,1-3H3. The van der Waals surface area contributed by atoms with Crippen LogP contribution in [0.15, 0.2) is 146 Å². The first-order valence-corrected chi connectivity index (χ1v) is 15.1. The highest BCUT2D eigenvalue weighted by molar-refractivity contribution is 6.06. The average Bonchev–Trinajstić information content (AvgIpc) is 3.28. The molecule has 0 radical (unpaired) electrons. The van der Waals surface area contributed by atoms with Gasteiger partial charge in [0.1, 0.15) is 0 Å². The Hall–Kier alpha value is -5.14. The highest BCUT2D eigenvalue weighted by atomic mass is 15.1. The number of aryl methyl sites for hydroxylation is 1. The summed E-state index contributed by atoms with van der Waals surface area (Å²) in [6.45, 7) is 6.97. The molecule has 43 heavy (non-hydrogen) atoms. The molecule has 0 fully saturated rings. The summed E-state index contributed by atoms with van der Waals surface area (Å²) in [5.41, 5.74) is 12.7. The molecule has 1 nitrogen and oxygen atoms in total. The predicted molar refractivity (Wildman–Crippen MR) is 184 cm³/mol. The predicted octanol–water partition coefficient (Wildman–Crippen LogP) is 11.7. The van der Waals surface area contributed by atoms with Crippen LogP contribution in [0.2, 0.25) is 0 Å². The van der Waals surface area contributed by atoms with Crippen molar-refractivity contribution in [1.29, 1.82) is 0 Å². The topological polar surface area (TPSA) is 3.24 Å². The second kappa shape index (κ2) is 9.71. The molecule has 0 amide bonds. The molecule has 0 saturated carbocycles. The van der Waals surface area contributed by atoms with E-state index in [-0.39, 0.29) is 5.41 Å².